The molecule has 1 aromatic carbocycles. The van der Waals surface area contributed by atoms with Crippen molar-refractivity contribution in [3.63, 3.8) is 0 Å². The summed E-state index contributed by atoms with van der Waals surface area (Å²) in [6.07, 6.45) is -9.03. The second-order valence-electron chi connectivity index (χ2n) is 8.43. The van der Waals surface area contributed by atoms with Crippen molar-refractivity contribution in [2.45, 2.75) is 57.0 Å². The van der Waals surface area contributed by atoms with Crippen LogP contribution < -0.4 is 0 Å². The topological polar surface area (TPSA) is 81.4 Å². The number of carbonyl (C=O) groups is 1. The molecule has 1 fully saturated rings. The van der Waals surface area contributed by atoms with Gasteiger partial charge in [0, 0.05) is 11.8 Å². The summed E-state index contributed by atoms with van der Waals surface area (Å²) in [5.74, 6) is 0.484. The highest BCUT2D eigenvalue weighted by atomic mass is 32.2. The average molecular weight is 546 g/mol. The minimum absolute atomic E-state index is 0.0312. The minimum Gasteiger partial charge on any atom is -0.439 e. The number of carbonyl (C=O) groups excluding carboxylic acids is 1. The van der Waals surface area contributed by atoms with Crippen LogP contribution in [0.4, 0.5) is 31.1 Å². The molecule has 198 valence electrons. The Hall–Kier alpha value is -3.29. The lowest BCUT2D eigenvalue weighted by atomic mass is 9.97. The summed E-state index contributed by atoms with van der Waals surface area (Å²) in [5, 5.41) is 4.32. The van der Waals surface area contributed by atoms with Crippen LogP contribution in [0.2, 0.25) is 0 Å². The van der Waals surface area contributed by atoms with Gasteiger partial charge in [-0.25, -0.2) is 14.8 Å². The predicted molar refractivity (Wildman–Crippen MR) is 119 cm³/mol. The number of benzene rings is 1. The Bertz CT molecular complexity index is 1290. The first-order valence-corrected chi connectivity index (χ1v) is 12.0. The van der Waals surface area contributed by atoms with E-state index in [-0.39, 0.29) is 12.6 Å². The first-order valence-electron chi connectivity index (χ1n) is 10.8. The van der Waals surface area contributed by atoms with Crippen molar-refractivity contribution in [3.05, 3.63) is 58.2 Å². The zero-order valence-electron chi connectivity index (χ0n) is 19.9. The van der Waals surface area contributed by atoms with Gasteiger partial charge in [-0.2, -0.15) is 26.3 Å². The van der Waals surface area contributed by atoms with E-state index in [1.54, 1.807) is 26.3 Å². The highest BCUT2D eigenvalue weighted by Gasteiger charge is 2.43. The molecule has 1 aliphatic rings. The highest BCUT2D eigenvalue weighted by Crippen LogP contribution is 2.41. The Morgan fingerprint density at radius 2 is 1.68 bits per heavy atom. The molecule has 3 heterocycles. The standard InChI is InChI=1S/C23H20F6N4O3S/c1-10-18(12(3)36-32-10)16-8-30-20(37-4)31-17(16)9-33-11(2)19(35-21(33)34)13-5-14(22(24,25)26)7-15(6-13)23(27,28)29/h5-8,11,19H,9H2,1-4H3/t11-,19-/m0/s1. The van der Waals surface area contributed by atoms with Gasteiger partial charge >= 0.3 is 18.4 Å². The van der Waals surface area contributed by atoms with Crippen molar-refractivity contribution in [1.29, 1.82) is 0 Å². The number of thioether (sulfide) groups is 1. The Kier molecular flexibility index (Phi) is 6.90. The molecule has 2 aromatic heterocycles. The van der Waals surface area contributed by atoms with Gasteiger partial charge in [-0.1, -0.05) is 16.9 Å². The number of alkyl halides is 6. The molecule has 2 atom stereocenters. The monoisotopic (exact) mass is 546 g/mol. The van der Waals surface area contributed by atoms with Gasteiger partial charge in [-0.05, 0) is 50.8 Å². The molecule has 3 aromatic rings. The summed E-state index contributed by atoms with van der Waals surface area (Å²) in [5.41, 5.74) is -1.30. The number of ether oxygens (including phenoxy) is 1. The molecule has 0 unspecified atom stereocenters. The summed E-state index contributed by atoms with van der Waals surface area (Å²) < 4.78 is 90.7. The van der Waals surface area contributed by atoms with Gasteiger partial charge < -0.3 is 9.26 Å². The third-order valence-electron chi connectivity index (χ3n) is 5.98. The van der Waals surface area contributed by atoms with Crippen molar-refractivity contribution in [3.8, 4) is 11.1 Å². The van der Waals surface area contributed by atoms with Gasteiger partial charge in [0.2, 0.25) is 0 Å². The molecule has 0 N–H and O–H groups in total. The van der Waals surface area contributed by atoms with Crippen LogP contribution in [0.15, 0.2) is 34.1 Å². The number of rotatable bonds is 5. The van der Waals surface area contributed by atoms with Crippen LogP contribution >= 0.6 is 11.8 Å². The van der Waals surface area contributed by atoms with Crippen molar-refractivity contribution >= 4 is 17.9 Å². The van der Waals surface area contributed by atoms with Crippen LogP contribution in [0, 0.1) is 13.8 Å². The van der Waals surface area contributed by atoms with Crippen LogP contribution in [0.3, 0.4) is 0 Å². The molecule has 0 bridgehead atoms. The molecule has 37 heavy (non-hydrogen) atoms. The number of amides is 1. The van der Waals surface area contributed by atoms with Crippen molar-refractivity contribution < 1.29 is 40.4 Å². The summed E-state index contributed by atoms with van der Waals surface area (Å²) in [4.78, 5) is 22.8. The number of hydrogen-bond donors (Lipinski definition) is 0. The van der Waals surface area contributed by atoms with Gasteiger partial charge in [0.1, 0.15) is 11.9 Å². The van der Waals surface area contributed by atoms with Crippen molar-refractivity contribution in [2.24, 2.45) is 0 Å². The maximum Gasteiger partial charge on any atom is 0.416 e. The van der Waals surface area contributed by atoms with Gasteiger partial charge in [-0.3, -0.25) is 4.90 Å². The zero-order chi connectivity index (χ0) is 27.3. The molecule has 4 rings (SSSR count). The smallest absolute Gasteiger partial charge is 0.416 e. The molecule has 0 spiro atoms. The first kappa shape index (κ1) is 26.8. The molecule has 0 saturated carbocycles. The van der Waals surface area contributed by atoms with Crippen LogP contribution in [0.25, 0.3) is 11.1 Å². The number of nitrogens with zero attached hydrogens (tertiary/aromatic N) is 4. The summed E-state index contributed by atoms with van der Waals surface area (Å²) in [7, 11) is 0. The minimum atomic E-state index is -5.03. The molecule has 1 saturated heterocycles. The number of aromatic nitrogens is 3. The zero-order valence-corrected chi connectivity index (χ0v) is 20.7. The van der Waals surface area contributed by atoms with Crippen LogP contribution in [-0.4, -0.2) is 38.4 Å². The van der Waals surface area contributed by atoms with Crippen molar-refractivity contribution in [2.75, 3.05) is 6.26 Å². The van der Waals surface area contributed by atoms with E-state index in [1.165, 1.54) is 23.6 Å². The maximum absolute atomic E-state index is 13.4. The molecule has 0 aliphatic carbocycles. The average Bonchev–Trinajstić information content (AvgIpc) is 3.30. The number of cyclic esters (lactones) is 1. The molecule has 7 nitrogen and oxygen atoms in total. The fraction of sp³-hybridized carbons (Fsp3) is 0.391. The Balaban J connectivity index is 1.72. The summed E-state index contributed by atoms with van der Waals surface area (Å²) >= 11 is 1.25. The third-order valence-corrected chi connectivity index (χ3v) is 6.54. The van der Waals surface area contributed by atoms with Crippen molar-refractivity contribution in [1.82, 2.24) is 20.0 Å². The number of halogens is 6. The lowest BCUT2D eigenvalue weighted by Gasteiger charge is -2.23. The van der Waals surface area contributed by atoms with E-state index in [1.807, 2.05) is 0 Å². The quantitative estimate of drug-likeness (QED) is 0.203. The van der Waals surface area contributed by atoms with Gasteiger partial charge in [0.15, 0.2) is 5.16 Å². The normalized spacial score (nSPS) is 18.4. The van der Waals surface area contributed by atoms with Crippen LogP contribution in [-0.2, 0) is 23.6 Å². The second kappa shape index (κ2) is 9.54. The second-order valence-corrected chi connectivity index (χ2v) is 9.20. The van der Waals surface area contributed by atoms with E-state index >= 15 is 0 Å². The molecule has 1 amide bonds. The maximum atomic E-state index is 13.4. The number of aryl methyl sites for hydroxylation is 2. The van der Waals surface area contributed by atoms with Gasteiger partial charge in [-0.15, -0.1) is 0 Å². The first-order chi connectivity index (χ1) is 17.2. The predicted octanol–water partition coefficient (Wildman–Crippen LogP) is 6.59. The van der Waals surface area contributed by atoms with E-state index < -0.39 is 47.3 Å². The number of hydrogen-bond acceptors (Lipinski definition) is 7. The van der Waals surface area contributed by atoms with Crippen LogP contribution in [0.5, 0.6) is 0 Å². The van der Waals surface area contributed by atoms with E-state index in [0.29, 0.717) is 45.6 Å². The lowest BCUT2D eigenvalue weighted by Crippen LogP contribution is -2.32. The van der Waals surface area contributed by atoms with E-state index in [0.717, 1.165) is 0 Å². The highest BCUT2D eigenvalue weighted by molar-refractivity contribution is 7.98. The lowest BCUT2D eigenvalue weighted by molar-refractivity contribution is -0.143. The van der Waals surface area contributed by atoms with Gasteiger partial charge in [0.25, 0.3) is 0 Å². The third kappa shape index (κ3) is 5.24. The summed E-state index contributed by atoms with van der Waals surface area (Å²) in [6.45, 7) is 4.75. The van der Waals surface area contributed by atoms with Gasteiger partial charge in [0.05, 0.1) is 40.7 Å². The molecular weight excluding hydrogens is 526 g/mol. The Labute approximate surface area is 211 Å². The Morgan fingerprint density at radius 3 is 2.19 bits per heavy atom. The largest absolute Gasteiger partial charge is 0.439 e. The summed E-state index contributed by atoms with van der Waals surface area (Å²) in [6, 6.07) is 0.254. The fourth-order valence-corrected chi connectivity index (χ4v) is 4.52. The molecule has 14 heteroatoms. The Morgan fingerprint density at radius 1 is 1.05 bits per heavy atom. The SMILES string of the molecule is CSc1ncc(-c2c(C)noc2C)c(CN2C(=O)O[C@H](c3cc(C(F)(F)F)cc(C(F)(F)F)c3)[C@@H]2C)n1. The van der Waals surface area contributed by atoms with E-state index in [2.05, 4.69) is 15.1 Å². The fourth-order valence-electron chi connectivity index (χ4n) is 4.16. The van der Waals surface area contributed by atoms with Crippen LogP contribution in [0.1, 0.15) is 46.9 Å². The van der Waals surface area contributed by atoms with E-state index in [9.17, 15) is 31.1 Å². The molecule has 0 radical (unpaired) electrons. The molecular formula is C23H20F6N4O3S. The molecule has 1 aliphatic heterocycles. The van der Waals surface area contributed by atoms with E-state index in [4.69, 9.17) is 9.26 Å².